The molecule has 0 saturated carbocycles. The molecule has 0 fully saturated rings. The predicted octanol–water partition coefficient (Wildman–Crippen LogP) is 3.46. The number of aromatic carboxylic acids is 1. The first-order chi connectivity index (χ1) is 9.88. The van der Waals surface area contributed by atoms with E-state index in [0.717, 1.165) is 12.3 Å². The van der Waals surface area contributed by atoms with Gasteiger partial charge in [-0.3, -0.25) is 0 Å². The number of alkyl halides is 3. The monoisotopic (exact) mass is 294 g/mol. The van der Waals surface area contributed by atoms with Gasteiger partial charge in [0.1, 0.15) is 0 Å². The van der Waals surface area contributed by atoms with Crippen LogP contribution in [0.3, 0.4) is 0 Å². The highest BCUT2D eigenvalue weighted by molar-refractivity contribution is 6.05. The zero-order valence-corrected chi connectivity index (χ0v) is 10.5. The van der Waals surface area contributed by atoms with Crippen molar-refractivity contribution in [1.29, 1.82) is 0 Å². The van der Waals surface area contributed by atoms with E-state index in [2.05, 4.69) is 9.98 Å². The van der Waals surface area contributed by atoms with Gasteiger partial charge in [0.25, 0.3) is 0 Å². The van der Waals surface area contributed by atoms with Gasteiger partial charge in [0.05, 0.1) is 5.56 Å². The minimum absolute atomic E-state index is 0.118. The Morgan fingerprint density at radius 1 is 1.10 bits per heavy atom. The minimum Gasteiger partial charge on any atom is -0.478 e. The largest absolute Gasteiger partial charge is 0.478 e. The molecule has 1 N–H and O–H groups in total. The molecule has 108 valence electrons. The number of carbonyl (C=O) groups is 1. The van der Waals surface area contributed by atoms with Crippen molar-refractivity contribution >= 4 is 17.5 Å². The van der Waals surface area contributed by atoms with E-state index in [-0.39, 0.29) is 16.9 Å². The second-order valence-electron chi connectivity index (χ2n) is 4.03. The Morgan fingerprint density at radius 2 is 1.76 bits per heavy atom. The summed E-state index contributed by atoms with van der Waals surface area (Å²) in [6, 6.07) is 9.20. The van der Waals surface area contributed by atoms with Crippen molar-refractivity contribution in [3.8, 4) is 0 Å². The zero-order valence-electron chi connectivity index (χ0n) is 10.5. The third-order valence-electron chi connectivity index (χ3n) is 2.53. The number of hydrogen-bond donors (Lipinski definition) is 1. The van der Waals surface area contributed by atoms with Crippen LogP contribution in [0, 0.1) is 0 Å². The number of benzene rings is 1. The van der Waals surface area contributed by atoms with Gasteiger partial charge in [0.15, 0.2) is 11.5 Å². The summed E-state index contributed by atoms with van der Waals surface area (Å²) in [5, 5.41) is 8.82. The van der Waals surface area contributed by atoms with E-state index in [1.54, 1.807) is 6.07 Å². The Balaban J connectivity index is 2.52. The van der Waals surface area contributed by atoms with Crippen molar-refractivity contribution in [2.45, 2.75) is 6.18 Å². The highest BCUT2D eigenvalue weighted by Gasteiger charge is 2.36. The maximum absolute atomic E-state index is 13.1. The number of rotatable bonds is 3. The molecule has 4 nitrogen and oxygen atoms in total. The number of hydrogen-bond acceptors (Lipinski definition) is 3. The number of halogens is 3. The molecule has 0 amide bonds. The molecule has 1 heterocycles. The molecule has 21 heavy (non-hydrogen) atoms. The summed E-state index contributed by atoms with van der Waals surface area (Å²) in [5.74, 6) is -1.58. The van der Waals surface area contributed by atoms with E-state index in [1.165, 1.54) is 30.3 Å². The van der Waals surface area contributed by atoms with Crippen LogP contribution in [0.4, 0.5) is 19.0 Å². The molecule has 1 aromatic heterocycles. The Bertz CT molecular complexity index is 682. The van der Waals surface area contributed by atoms with E-state index >= 15 is 0 Å². The van der Waals surface area contributed by atoms with Gasteiger partial charge >= 0.3 is 12.1 Å². The number of carboxylic acid groups (broad SMARTS) is 1. The standard InChI is InChI=1S/C14H9F3N2O2/c15-14(16,17)12(9-4-2-1-3-5-9)19-11-8-10(13(20)21)6-7-18-11/h1-8H,(H,20,21). The second-order valence-corrected chi connectivity index (χ2v) is 4.03. The fourth-order valence-electron chi connectivity index (χ4n) is 1.61. The summed E-state index contributed by atoms with van der Waals surface area (Å²) in [6.45, 7) is 0. The molecule has 0 atom stereocenters. The van der Waals surface area contributed by atoms with Crippen molar-refractivity contribution in [2.75, 3.05) is 0 Å². The van der Waals surface area contributed by atoms with Crippen molar-refractivity contribution in [3.63, 3.8) is 0 Å². The van der Waals surface area contributed by atoms with Gasteiger partial charge in [-0.2, -0.15) is 13.2 Å². The molecule has 0 aliphatic carbocycles. The van der Waals surface area contributed by atoms with Crippen LogP contribution in [0.25, 0.3) is 0 Å². The van der Waals surface area contributed by atoms with Gasteiger partial charge in [-0.05, 0) is 12.1 Å². The van der Waals surface area contributed by atoms with E-state index in [0.29, 0.717) is 0 Å². The smallest absolute Gasteiger partial charge is 0.434 e. The minimum atomic E-state index is -4.68. The van der Waals surface area contributed by atoms with E-state index < -0.39 is 17.9 Å². The van der Waals surface area contributed by atoms with Crippen LogP contribution < -0.4 is 0 Å². The summed E-state index contributed by atoms with van der Waals surface area (Å²) in [4.78, 5) is 17.9. The molecule has 0 aliphatic rings. The summed E-state index contributed by atoms with van der Waals surface area (Å²) < 4.78 is 39.2. The van der Waals surface area contributed by atoms with Crippen LogP contribution in [-0.2, 0) is 0 Å². The van der Waals surface area contributed by atoms with E-state index in [9.17, 15) is 18.0 Å². The average molecular weight is 294 g/mol. The molecular weight excluding hydrogens is 285 g/mol. The summed E-state index contributed by atoms with van der Waals surface area (Å²) in [5.41, 5.74) is -1.43. The molecule has 0 bridgehead atoms. The van der Waals surface area contributed by atoms with Gasteiger partial charge in [-0.25, -0.2) is 14.8 Å². The Kier molecular flexibility index (Phi) is 4.02. The van der Waals surface area contributed by atoms with Crippen LogP contribution >= 0.6 is 0 Å². The molecule has 2 rings (SSSR count). The average Bonchev–Trinajstić information content (AvgIpc) is 2.45. The van der Waals surface area contributed by atoms with Crippen LogP contribution in [0.15, 0.2) is 53.7 Å². The van der Waals surface area contributed by atoms with E-state index in [1.807, 2.05) is 0 Å². The number of nitrogens with zero attached hydrogens (tertiary/aromatic N) is 2. The maximum atomic E-state index is 13.1. The zero-order chi connectivity index (χ0) is 15.5. The van der Waals surface area contributed by atoms with Gasteiger partial charge < -0.3 is 5.11 Å². The maximum Gasteiger partial charge on any atom is 0.434 e. The summed E-state index contributed by atoms with van der Waals surface area (Å²) >= 11 is 0. The molecule has 0 radical (unpaired) electrons. The number of carboxylic acids is 1. The summed E-state index contributed by atoms with van der Waals surface area (Å²) in [6.07, 6.45) is -3.58. The van der Waals surface area contributed by atoms with Crippen molar-refractivity contribution in [3.05, 3.63) is 59.8 Å². The first kappa shape index (κ1) is 14.7. The molecule has 1 aromatic carbocycles. The number of aromatic nitrogens is 1. The topological polar surface area (TPSA) is 62.5 Å². The molecule has 2 aromatic rings. The molecule has 0 aliphatic heterocycles. The third kappa shape index (κ3) is 3.65. The fourth-order valence-corrected chi connectivity index (χ4v) is 1.61. The summed E-state index contributed by atoms with van der Waals surface area (Å²) in [7, 11) is 0. The molecule has 0 saturated heterocycles. The molecule has 0 unspecified atom stereocenters. The van der Waals surface area contributed by atoms with Gasteiger partial charge in [0.2, 0.25) is 0 Å². The van der Waals surface area contributed by atoms with Crippen LogP contribution in [0.5, 0.6) is 0 Å². The second kappa shape index (κ2) is 5.74. The quantitative estimate of drug-likeness (QED) is 0.882. The Hall–Kier alpha value is -2.70. The highest BCUT2D eigenvalue weighted by Crippen LogP contribution is 2.25. The fraction of sp³-hybridized carbons (Fsp3) is 0.0714. The first-order valence-corrected chi connectivity index (χ1v) is 5.78. The normalized spacial score (nSPS) is 12.2. The molecule has 7 heteroatoms. The molecular formula is C14H9F3N2O2. The lowest BCUT2D eigenvalue weighted by Crippen LogP contribution is -2.23. The van der Waals surface area contributed by atoms with E-state index in [4.69, 9.17) is 5.11 Å². The lowest BCUT2D eigenvalue weighted by atomic mass is 10.1. The van der Waals surface area contributed by atoms with Crippen molar-refractivity contribution < 1.29 is 23.1 Å². The SMILES string of the molecule is O=C(O)c1ccnc(N=C(c2ccccc2)C(F)(F)F)c1. The van der Waals surface area contributed by atoms with Gasteiger partial charge in [-0.1, -0.05) is 30.3 Å². The van der Waals surface area contributed by atoms with Crippen LogP contribution in [0.2, 0.25) is 0 Å². The number of aliphatic imine (C=N–C) groups is 1. The molecule has 0 spiro atoms. The van der Waals surface area contributed by atoms with Crippen LogP contribution in [-0.4, -0.2) is 27.9 Å². The highest BCUT2D eigenvalue weighted by atomic mass is 19.4. The van der Waals surface area contributed by atoms with Crippen LogP contribution in [0.1, 0.15) is 15.9 Å². The third-order valence-corrected chi connectivity index (χ3v) is 2.53. The lowest BCUT2D eigenvalue weighted by Gasteiger charge is -2.10. The van der Waals surface area contributed by atoms with Gasteiger partial charge in [-0.15, -0.1) is 0 Å². The Morgan fingerprint density at radius 3 is 2.33 bits per heavy atom. The van der Waals surface area contributed by atoms with Gasteiger partial charge in [0, 0.05) is 11.8 Å². The Labute approximate surface area is 117 Å². The first-order valence-electron chi connectivity index (χ1n) is 5.78. The van der Waals surface area contributed by atoms with Crippen molar-refractivity contribution in [2.24, 2.45) is 4.99 Å². The predicted molar refractivity (Wildman–Crippen MR) is 69.9 cm³/mol. The lowest BCUT2D eigenvalue weighted by molar-refractivity contribution is -0.0580. The number of pyridine rings is 1. The van der Waals surface area contributed by atoms with Crippen molar-refractivity contribution in [1.82, 2.24) is 4.98 Å².